The average Bonchev–Trinajstić information content (AvgIpc) is 3.04. The molecule has 0 radical (unpaired) electrons. The molecule has 6 nitrogen and oxygen atoms in total. The Morgan fingerprint density at radius 2 is 1.88 bits per heavy atom. The van der Waals surface area contributed by atoms with Crippen LogP contribution in [-0.2, 0) is 11.2 Å². The average molecular weight is 470 g/mol. The maximum absolute atomic E-state index is 12.9. The first-order valence-electron chi connectivity index (χ1n) is 10.4. The third kappa shape index (κ3) is 4.98. The van der Waals surface area contributed by atoms with Crippen LogP contribution in [0.5, 0.6) is 11.5 Å². The third-order valence-electron chi connectivity index (χ3n) is 5.36. The quantitative estimate of drug-likeness (QED) is 0.377. The summed E-state index contributed by atoms with van der Waals surface area (Å²) in [6.45, 7) is 3.31. The summed E-state index contributed by atoms with van der Waals surface area (Å²) in [6.07, 6.45) is -3.81. The van der Waals surface area contributed by atoms with Gasteiger partial charge >= 0.3 is 12.3 Å². The van der Waals surface area contributed by atoms with E-state index in [1.807, 2.05) is 29.7 Å². The molecule has 0 saturated heterocycles. The van der Waals surface area contributed by atoms with Gasteiger partial charge in [-0.2, -0.15) is 0 Å². The van der Waals surface area contributed by atoms with E-state index in [0.29, 0.717) is 28.9 Å². The van der Waals surface area contributed by atoms with Crippen LogP contribution in [0.15, 0.2) is 66.9 Å². The van der Waals surface area contributed by atoms with E-state index >= 15 is 0 Å². The second-order valence-corrected chi connectivity index (χ2v) is 7.74. The van der Waals surface area contributed by atoms with Gasteiger partial charge in [0.15, 0.2) is 6.10 Å². The van der Waals surface area contributed by atoms with E-state index in [9.17, 15) is 18.0 Å². The molecule has 1 atom stereocenters. The number of aliphatic carboxylic acids is 1. The molecule has 0 aliphatic heterocycles. The number of rotatable bonds is 7. The van der Waals surface area contributed by atoms with E-state index in [4.69, 9.17) is 9.84 Å². The normalized spacial score (nSPS) is 12.5. The van der Waals surface area contributed by atoms with E-state index in [0.717, 1.165) is 16.8 Å². The van der Waals surface area contributed by atoms with Crippen molar-refractivity contribution in [3.63, 3.8) is 0 Å². The van der Waals surface area contributed by atoms with Crippen molar-refractivity contribution in [2.75, 3.05) is 0 Å². The van der Waals surface area contributed by atoms with Gasteiger partial charge in [-0.15, -0.1) is 13.2 Å². The monoisotopic (exact) mass is 470 g/mol. The summed E-state index contributed by atoms with van der Waals surface area (Å²) in [5.74, 6) is -0.378. The molecule has 4 rings (SSSR count). The number of alkyl halides is 3. The molecule has 0 spiro atoms. The zero-order valence-corrected chi connectivity index (χ0v) is 18.3. The number of pyridine rings is 1. The summed E-state index contributed by atoms with van der Waals surface area (Å²) in [6, 6.07) is 16.6. The Kier molecular flexibility index (Phi) is 6.19. The van der Waals surface area contributed by atoms with E-state index < -0.39 is 18.4 Å². The molecule has 1 N–H and O–H groups in total. The molecule has 0 fully saturated rings. The number of fused-ring (bicyclic) bond motifs is 1. The molecule has 0 aliphatic carbocycles. The number of halogens is 3. The number of benzene rings is 2. The summed E-state index contributed by atoms with van der Waals surface area (Å²) in [4.78, 5) is 15.5. The number of carbonyl (C=O) groups is 1. The molecule has 9 heteroatoms. The zero-order chi connectivity index (χ0) is 24.5. The van der Waals surface area contributed by atoms with Gasteiger partial charge in [0, 0.05) is 17.3 Å². The van der Waals surface area contributed by atoms with Crippen LogP contribution < -0.4 is 9.47 Å². The van der Waals surface area contributed by atoms with Gasteiger partial charge in [0.05, 0.1) is 5.52 Å². The van der Waals surface area contributed by atoms with Crippen molar-refractivity contribution in [1.29, 1.82) is 0 Å². The van der Waals surface area contributed by atoms with Crippen molar-refractivity contribution in [3.8, 4) is 17.3 Å². The number of hydrogen-bond donors (Lipinski definition) is 1. The fraction of sp³-hybridized carbons (Fsp3) is 0.200. The molecule has 2 aromatic carbocycles. The van der Waals surface area contributed by atoms with Gasteiger partial charge in [-0.25, -0.2) is 9.78 Å². The minimum absolute atomic E-state index is 0.313. The van der Waals surface area contributed by atoms with Gasteiger partial charge in [-0.3, -0.25) is 4.57 Å². The summed E-state index contributed by atoms with van der Waals surface area (Å²) in [5.41, 5.74) is 3.09. The predicted molar refractivity (Wildman–Crippen MR) is 119 cm³/mol. The lowest BCUT2D eigenvalue weighted by molar-refractivity contribution is -0.274. The van der Waals surface area contributed by atoms with Crippen LogP contribution in [0.3, 0.4) is 0 Å². The molecular formula is C25H21F3N2O4. The molecule has 4 aromatic rings. The van der Waals surface area contributed by atoms with E-state index in [1.165, 1.54) is 19.1 Å². The summed E-state index contributed by atoms with van der Waals surface area (Å²) >= 11 is 0. The molecular weight excluding hydrogens is 449 g/mol. The highest BCUT2D eigenvalue weighted by Gasteiger charge is 2.31. The molecule has 2 heterocycles. The minimum Gasteiger partial charge on any atom is -0.479 e. The standard InChI is InChI=1S/C25H21F3N2O4/c1-15-20(13-17-6-5-7-18(12-17)33-16(2)24(31)32)21-14-19(34-25(26,27)28)9-10-22(21)30(15)23-8-3-4-11-29-23/h3-12,14,16H,13H2,1-2H3,(H,31,32)/t16-/m0/s1. The zero-order valence-electron chi connectivity index (χ0n) is 18.3. The third-order valence-corrected chi connectivity index (χ3v) is 5.36. The van der Waals surface area contributed by atoms with Gasteiger partial charge in [0.1, 0.15) is 17.3 Å². The number of hydrogen-bond acceptors (Lipinski definition) is 4. The van der Waals surface area contributed by atoms with Crippen LogP contribution in [-0.4, -0.2) is 33.1 Å². The lowest BCUT2D eigenvalue weighted by Crippen LogP contribution is -2.22. The van der Waals surface area contributed by atoms with Crippen LogP contribution >= 0.6 is 0 Å². The topological polar surface area (TPSA) is 73.6 Å². The highest BCUT2D eigenvalue weighted by molar-refractivity contribution is 5.88. The lowest BCUT2D eigenvalue weighted by Gasteiger charge is -2.12. The Hall–Kier alpha value is -4.01. The maximum atomic E-state index is 12.9. The van der Waals surface area contributed by atoms with Crippen molar-refractivity contribution >= 4 is 16.9 Å². The van der Waals surface area contributed by atoms with Crippen LogP contribution in [0.4, 0.5) is 13.2 Å². The van der Waals surface area contributed by atoms with Crippen LogP contribution in [0.2, 0.25) is 0 Å². The highest BCUT2D eigenvalue weighted by atomic mass is 19.4. The van der Waals surface area contributed by atoms with Gasteiger partial charge in [-0.05, 0) is 73.9 Å². The van der Waals surface area contributed by atoms with Crippen molar-refractivity contribution in [3.05, 3.63) is 83.7 Å². The molecule has 0 aliphatic rings. The first kappa shape index (κ1) is 23.2. The molecule has 2 aromatic heterocycles. The second-order valence-electron chi connectivity index (χ2n) is 7.74. The minimum atomic E-state index is -4.81. The number of carboxylic acids is 1. The molecule has 176 valence electrons. The van der Waals surface area contributed by atoms with E-state index in [-0.39, 0.29) is 5.75 Å². The Morgan fingerprint density at radius 3 is 2.56 bits per heavy atom. The highest BCUT2D eigenvalue weighted by Crippen LogP contribution is 2.35. The van der Waals surface area contributed by atoms with Crippen molar-refractivity contribution in [1.82, 2.24) is 9.55 Å². The first-order valence-corrected chi connectivity index (χ1v) is 10.4. The second kappa shape index (κ2) is 9.09. The number of nitrogens with zero attached hydrogens (tertiary/aromatic N) is 2. The Bertz CT molecular complexity index is 1330. The van der Waals surface area contributed by atoms with E-state index in [1.54, 1.807) is 36.5 Å². The van der Waals surface area contributed by atoms with Crippen molar-refractivity contribution in [2.45, 2.75) is 32.7 Å². The van der Waals surface area contributed by atoms with Gasteiger partial charge < -0.3 is 14.6 Å². The summed E-state index contributed by atoms with van der Waals surface area (Å²) < 4.78 is 50.1. The SMILES string of the molecule is Cc1c(Cc2cccc(O[C@@H](C)C(=O)O)c2)c2cc(OC(F)(F)F)ccc2n1-c1ccccn1. The van der Waals surface area contributed by atoms with Crippen LogP contribution in [0.25, 0.3) is 16.7 Å². The maximum Gasteiger partial charge on any atom is 0.573 e. The predicted octanol–water partition coefficient (Wildman–Crippen LogP) is 5.68. The number of aromatic nitrogens is 2. The van der Waals surface area contributed by atoms with Crippen LogP contribution in [0, 0.1) is 6.92 Å². The Morgan fingerprint density at radius 1 is 1.09 bits per heavy atom. The molecule has 34 heavy (non-hydrogen) atoms. The van der Waals surface area contributed by atoms with Gasteiger partial charge in [0.2, 0.25) is 0 Å². The smallest absolute Gasteiger partial charge is 0.479 e. The van der Waals surface area contributed by atoms with Crippen LogP contribution in [0.1, 0.15) is 23.7 Å². The largest absolute Gasteiger partial charge is 0.573 e. The van der Waals surface area contributed by atoms with Crippen molar-refractivity contribution < 1.29 is 32.5 Å². The fourth-order valence-electron chi connectivity index (χ4n) is 3.85. The Labute approximate surface area is 193 Å². The van der Waals surface area contributed by atoms with Gasteiger partial charge in [0.25, 0.3) is 0 Å². The Balaban J connectivity index is 1.80. The molecule has 0 bridgehead atoms. The van der Waals surface area contributed by atoms with E-state index in [2.05, 4.69) is 9.72 Å². The lowest BCUT2D eigenvalue weighted by atomic mass is 10.0. The summed E-state index contributed by atoms with van der Waals surface area (Å²) in [7, 11) is 0. The van der Waals surface area contributed by atoms with Gasteiger partial charge in [-0.1, -0.05) is 18.2 Å². The fourth-order valence-corrected chi connectivity index (χ4v) is 3.85. The molecule has 0 unspecified atom stereocenters. The molecule has 0 amide bonds. The molecule has 0 saturated carbocycles. The first-order chi connectivity index (χ1) is 16.1. The number of ether oxygens (including phenoxy) is 2. The van der Waals surface area contributed by atoms with Crippen molar-refractivity contribution in [2.24, 2.45) is 0 Å². The number of carboxylic acid groups (broad SMARTS) is 1. The summed E-state index contributed by atoms with van der Waals surface area (Å²) in [5, 5.41) is 9.69.